The Kier molecular flexibility index (Phi) is 4.41. The molecule has 0 aliphatic heterocycles. The van der Waals surface area contributed by atoms with Gasteiger partial charge < -0.3 is 10.3 Å². The van der Waals surface area contributed by atoms with Gasteiger partial charge in [-0.1, -0.05) is 35.9 Å². The molecule has 7 heteroatoms. The molecule has 5 aromatic rings. The lowest BCUT2D eigenvalue weighted by atomic mass is 10.1. The summed E-state index contributed by atoms with van der Waals surface area (Å²) in [5.41, 5.74) is 5.09. The third-order valence-corrected chi connectivity index (χ3v) is 5.53. The zero-order valence-corrected chi connectivity index (χ0v) is 16.6. The van der Waals surface area contributed by atoms with E-state index in [9.17, 15) is 0 Å². The van der Waals surface area contributed by atoms with E-state index >= 15 is 0 Å². The van der Waals surface area contributed by atoms with Crippen molar-refractivity contribution in [3.05, 3.63) is 77.3 Å². The van der Waals surface area contributed by atoms with E-state index in [1.54, 1.807) is 17.2 Å². The number of aromatic nitrogens is 5. The molecule has 2 aromatic carbocycles. The molecule has 6 nitrogen and oxygen atoms in total. The Morgan fingerprint density at radius 3 is 2.90 bits per heavy atom. The van der Waals surface area contributed by atoms with Crippen molar-refractivity contribution in [3.8, 4) is 5.69 Å². The Morgan fingerprint density at radius 1 is 1.10 bits per heavy atom. The molecule has 5 rings (SSSR count). The van der Waals surface area contributed by atoms with Crippen molar-refractivity contribution in [2.24, 2.45) is 0 Å². The molecule has 3 aromatic heterocycles. The van der Waals surface area contributed by atoms with Gasteiger partial charge in [0.15, 0.2) is 5.65 Å². The molecular formula is C22H19ClN6. The number of halogens is 1. The molecule has 0 aliphatic carbocycles. The summed E-state index contributed by atoms with van der Waals surface area (Å²) in [6, 6.07) is 14.2. The van der Waals surface area contributed by atoms with Crippen LogP contribution in [0.2, 0.25) is 5.02 Å². The van der Waals surface area contributed by atoms with Crippen molar-refractivity contribution in [1.82, 2.24) is 24.7 Å². The van der Waals surface area contributed by atoms with Crippen LogP contribution in [-0.2, 0) is 6.42 Å². The molecule has 144 valence electrons. The van der Waals surface area contributed by atoms with Gasteiger partial charge in [-0.05, 0) is 42.7 Å². The highest BCUT2D eigenvalue weighted by atomic mass is 35.5. The molecule has 0 atom stereocenters. The van der Waals surface area contributed by atoms with Crippen LogP contribution < -0.4 is 5.32 Å². The molecule has 0 bridgehead atoms. The highest BCUT2D eigenvalue weighted by Crippen LogP contribution is 2.25. The lowest BCUT2D eigenvalue weighted by Crippen LogP contribution is -2.07. The molecule has 0 fully saturated rings. The number of hydrogen-bond donors (Lipinski definition) is 2. The average molecular weight is 403 g/mol. The first-order valence-corrected chi connectivity index (χ1v) is 9.82. The number of fused-ring (bicyclic) bond motifs is 2. The van der Waals surface area contributed by atoms with Gasteiger partial charge in [-0.15, -0.1) is 0 Å². The maximum Gasteiger partial charge on any atom is 0.168 e. The summed E-state index contributed by atoms with van der Waals surface area (Å²) in [5.74, 6) is 0.777. The second-order valence-corrected chi connectivity index (χ2v) is 7.39. The molecule has 0 saturated heterocycles. The Balaban J connectivity index is 1.39. The first-order chi connectivity index (χ1) is 14.2. The largest absolute Gasteiger partial charge is 0.369 e. The van der Waals surface area contributed by atoms with Gasteiger partial charge in [-0.2, -0.15) is 5.10 Å². The van der Waals surface area contributed by atoms with E-state index in [0.717, 1.165) is 46.6 Å². The maximum absolute atomic E-state index is 6.28. The van der Waals surface area contributed by atoms with Gasteiger partial charge in [-0.25, -0.2) is 14.6 Å². The Labute approximate surface area is 172 Å². The van der Waals surface area contributed by atoms with Gasteiger partial charge in [0.1, 0.15) is 12.1 Å². The first kappa shape index (κ1) is 17.7. The number of para-hydroxylation sites is 1. The fourth-order valence-corrected chi connectivity index (χ4v) is 3.72. The maximum atomic E-state index is 6.28. The molecule has 0 radical (unpaired) electrons. The summed E-state index contributed by atoms with van der Waals surface area (Å²) >= 11 is 6.28. The second kappa shape index (κ2) is 7.22. The highest BCUT2D eigenvalue weighted by molar-refractivity contribution is 6.31. The Hall–Kier alpha value is -3.38. The predicted molar refractivity (Wildman–Crippen MR) is 117 cm³/mol. The number of anilines is 1. The number of hydrogen-bond acceptors (Lipinski definition) is 4. The van der Waals surface area contributed by atoms with Crippen LogP contribution in [-0.4, -0.2) is 31.3 Å². The van der Waals surface area contributed by atoms with Gasteiger partial charge in [0.05, 0.1) is 17.3 Å². The third-order valence-electron chi connectivity index (χ3n) is 5.13. The number of aromatic amines is 1. The number of nitrogens with zero attached hydrogens (tertiary/aromatic N) is 4. The van der Waals surface area contributed by atoms with Crippen LogP contribution in [0.4, 0.5) is 5.82 Å². The van der Waals surface area contributed by atoms with Crippen molar-refractivity contribution in [2.75, 3.05) is 11.9 Å². The minimum Gasteiger partial charge on any atom is -0.369 e. The summed E-state index contributed by atoms with van der Waals surface area (Å²) < 4.78 is 1.78. The number of benzene rings is 2. The summed E-state index contributed by atoms with van der Waals surface area (Å²) in [7, 11) is 0. The van der Waals surface area contributed by atoms with Crippen LogP contribution in [0.1, 0.15) is 11.1 Å². The van der Waals surface area contributed by atoms with E-state index in [-0.39, 0.29) is 0 Å². The summed E-state index contributed by atoms with van der Waals surface area (Å²) in [6.45, 7) is 2.74. The SMILES string of the molecule is Cc1ccc(-n2ncc3c(NCCc4c[nH]c5ccccc45)ncnc32)cc1Cl. The smallest absolute Gasteiger partial charge is 0.168 e. The number of aryl methyl sites for hydroxylation is 1. The molecule has 0 saturated carbocycles. The standard InChI is InChI=1S/C22H19ClN6/c1-14-6-7-16(10-19(14)23)29-22-18(12-28-29)21(26-13-27-22)24-9-8-15-11-25-20-5-3-2-4-17(15)20/h2-7,10-13,25H,8-9H2,1H3,(H,24,26,27). The van der Waals surface area contributed by atoms with Crippen LogP contribution in [0.25, 0.3) is 27.6 Å². The van der Waals surface area contributed by atoms with Crippen molar-refractivity contribution < 1.29 is 0 Å². The zero-order valence-electron chi connectivity index (χ0n) is 15.9. The first-order valence-electron chi connectivity index (χ1n) is 9.45. The Morgan fingerprint density at radius 2 is 2.00 bits per heavy atom. The minimum absolute atomic E-state index is 0.706. The second-order valence-electron chi connectivity index (χ2n) is 6.99. The highest BCUT2D eigenvalue weighted by Gasteiger charge is 2.12. The van der Waals surface area contributed by atoms with E-state index < -0.39 is 0 Å². The molecular weight excluding hydrogens is 384 g/mol. The normalized spacial score (nSPS) is 11.4. The van der Waals surface area contributed by atoms with Crippen LogP contribution in [0.3, 0.4) is 0 Å². The molecule has 3 heterocycles. The zero-order chi connectivity index (χ0) is 19.8. The molecule has 0 amide bonds. The summed E-state index contributed by atoms with van der Waals surface area (Å²) in [6.07, 6.45) is 6.31. The van der Waals surface area contributed by atoms with Crippen molar-refractivity contribution >= 4 is 39.4 Å². The number of rotatable bonds is 5. The third kappa shape index (κ3) is 3.21. The molecule has 0 spiro atoms. The van der Waals surface area contributed by atoms with E-state index in [1.807, 2.05) is 31.2 Å². The van der Waals surface area contributed by atoms with E-state index in [1.165, 1.54) is 10.9 Å². The lowest BCUT2D eigenvalue weighted by Gasteiger charge is -2.07. The van der Waals surface area contributed by atoms with Gasteiger partial charge in [0, 0.05) is 28.7 Å². The fourth-order valence-electron chi connectivity index (χ4n) is 3.54. The summed E-state index contributed by atoms with van der Waals surface area (Å²) in [4.78, 5) is 12.2. The van der Waals surface area contributed by atoms with Gasteiger partial charge in [0.2, 0.25) is 0 Å². The van der Waals surface area contributed by atoms with Crippen molar-refractivity contribution in [3.63, 3.8) is 0 Å². The number of H-pyrrole nitrogens is 1. The predicted octanol–water partition coefficient (Wildman–Crippen LogP) is 4.91. The minimum atomic E-state index is 0.706. The van der Waals surface area contributed by atoms with Crippen molar-refractivity contribution in [1.29, 1.82) is 0 Å². The van der Waals surface area contributed by atoms with Crippen LogP contribution in [0, 0.1) is 6.92 Å². The van der Waals surface area contributed by atoms with E-state index in [0.29, 0.717) is 5.02 Å². The van der Waals surface area contributed by atoms with Crippen LogP contribution in [0.15, 0.2) is 61.2 Å². The van der Waals surface area contributed by atoms with Crippen LogP contribution in [0.5, 0.6) is 0 Å². The van der Waals surface area contributed by atoms with Crippen molar-refractivity contribution in [2.45, 2.75) is 13.3 Å². The van der Waals surface area contributed by atoms with Gasteiger partial charge >= 0.3 is 0 Å². The van der Waals surface area contributed by atoms with E-state index in [4.69, 9.17) is 11.6 Å². The fraction of sp³-hybridized carbons (Fsp3) is 0.136. The number of nitrogens with one attached hydrogen (secondary N) is 2. The van der Waals surface area contributed by atoms with E-state index in [2.05, 4.69) is 49.8 Å². The van der Waals surface area contributed by atoms with Gasteiger partial charge in [-0.3, -0.25) is 0 Å². The molecule has 2 N–H and O–H groups in total. The average Bonchev–Trinajstić information content (AvgIpc) is 3.35. The topological polar surface area (TPSA) is 71.4 Å². The molecule has 29 heavy (non-hydrogen) atoms. The molecule has 0 unspecified atom stereocenters. The van der Waals surface area contributed by atoms with Gasteiger partial charge in [0.25, 0.3) is 0 Å². The quantitative estimate of drug-likeness (QED) is 0.438. The summed E-state index contributed by atoms with van der Waals surface area (Å²) in [5, 5.41) is 10.8. The lowest BCUT2D eigenvalue weighted by molar-refractivity contribution is 0.894. The monoisotopic (exact) mass is 402 g/mol. The Bertz CT molecular complexity index is 1320. The molecule has 0 aliphatic rings. The van der Waals surface area contributed by atoms with Crippen LogP contribution >= 0.6 is 11.6 Å².